The Kier molecular flexibility index (Phi) is 11.3. The van der Waals surface area contributed by atoms with Crippen LogP contribution in [0.15, 0.2) is 76.1 Å². The van der Waals surface area contributed by atoms with Crippen LogP contribution in [0, 0.1) is 5.41 Å². The summed E-state index contributed by atoms with van der Waals surface area (Å²) in [4.78, 5) is 13.3. The van der Waals surface area contributed by atoms with Crippen molar-refractivity contribution in [2.24, 2.45) is 5.41 Å². The fourth-order valence-corrected chi connectivity index (χ4v) is 11.8. The SMILES string of the molecule is COCOC1c2c(OC)c(=O)c(Br)cn2C(CCCO)C(O)C1(C)CCO[Si](c1ccccc1)(c1ccccc1)C(C)(C)C. The molecule has 0 amide bonds. The van der Waals surface area contributed by atoms with Gasteiger partial charge >= 0.3 is 0 Å². The standard InChI is InChI=1S/C34H46BrNO7Si/c1-33(2,3)44(24-14-9-7-10-15-24,25-16-11-8-12-17-25)43-21-19-34(4)31(39)27(18-13-20-37)36-22-26(35)29(38)30(41-6)28(36)32(34)42-23-40-5/h7-12,14-17,22,27,31-32,37,39H,13,18-21,23H2,1-6H3. The van der Waals surface area contributed by atoms with E-state index in [0.717, 1.165) is 0 Å². The molecular weight excluding hydrogens is 642 g/mol. The summed E-state index contributed by atoms with van der Waals surface area (Å²) < 4.78 is 26.8. The molecule has 0 bridgehead atoms. The number of aliphatic hydroxyl groups excluding tert-OH is 2. The molecule has 44 heavy (non-hydrogen) atoms. The van der Waals surface area contributed by atoms with E-state index in [1.807, 2.05) is 23.6 Å². The van der Waals surface area contributed by atoms with Crippen molar-refractivity contribution in [1.29, 1.82) is 0 Å². The summed E-state index contributed by atoms with van der Waals surface area (Å²) in [6.45, 7) is 8.95. The molecule has 10 heteroatoms. The number of hydrogen-bond donors (Lipinski definition) is 2. The van der Waals surface area contributed by atoms with Crippen LogP contribution in [0.1, 0.15) is 64.8 Å². The zero-order valence-corrected chi connectivity index (χ0v) is 29.2. The Bertz CT molecular complexity index is 1390. The minimum atomic E-state index is -2.85. The lowest BCUT2D eigenvalue weighted by molar-refractivity contribution is -0.178. The molecule has 1 aliphatic heterocycles. The van der Waals surface area contributed by atoms with Gasteiger partial charge in [0.2, 0.25) is 5.43 Å². The molecule has 240 valence electrons. The zero-order chi connectivity index (χ0) is 32.1. The van der Waals surface area contributed by atoms with Crippen LogP contribution >= 0.6 is 15.9 Å². The van der Waals surface area contributed by atoms with Crippen molar-refractivity contribution in [1.82, 2.24) is 4.57 Å². The molecule has 0 fully saturated rings. The summed E-state index contributed by atoms with van der Waals surface area (Å²) in [6, 6.07) is 20.4. The van der Waals surface area contributed by atoms with Gasteiger partial charge in [-0.3, -0.25) is 4.79 Å². The maximum Gasteiger partial charge on any atom is 0.261 e. The number of aliphatic hydroxyl groups is 2. The molecule has 2 heterocycles. The molecule has 4 atom stereocenters. The first-order valence-electron chi connectivity index (χ1n) is 15.1. The van der Waals surface area contributed by atoms with E-state index in [4.69, 9.17) is 18.6 Å². The number of benzene rings is 2. The van der Waals surface area contributed by atoms with Crippen LogP contribution in [-0.4, -0.2) is 63.4 Å². The lowest BCUT2D eigenvalue weighted by atomic mass is 9.68. The van der Waals surface area contributed by atoms with Crippen LogP contribution in [0.4, 0.5) is 0 Å². The Morgan fingerprint density at radius 1 is 1.02 bits per heavy atom. The number of ether oxygens (including phenoxy) is 3. The summed E-state index contributed by atoms with van der Waals surface area (Å²) in [7, 11) is 0.161. The molecule has 2 aromatic carbocycles. The van der Waals surface area contributed by atoms with Crippen LogP contribution < -0.4 is 20.5 Å². The fourth-order valence-electron chi connectivity index (χ4n) is 6.84. The average molecular weight is 689 g/mol. The molecule has 4 unspecified atom stereocenters. The van der Waals surface area contributed by atoms with Gasteiger partial charge in [-0.25, -0.2) is 0 Å². The first kappa shape index (κ1) is 34.6. The van der Waals surface area contributed by atoms with Gasteiger partial charge in [0.25, 0.3) is 8.32 Å². The Hall–Kier alpha value is -2.31. The van der Waals surface area contributed by atoms with Crippen LogP contribution in [0.5, 0.6) is 5.75 Å². The molecule has 1 aliphatic rings. The second kappa shape index (κ2) is 14.4. The summed E-state index contributed by atoms with van der Waals surface area (Å²) in [6.07, 6.45) is 1.44. The molecular formula is C34H46BrNO7Si. The maximum atomic E-state index is 13.3. The molecule has 3 aromatic rings. The van der Waals surface area contributed by atoms with E-state index in [0.29, 0.717) is 36.0 Å². The maximum absolute atomic E-state index is 13.3. The van der Waals surface area contributed by atoms with E-state index >= 15 is 0 Å². The molecule has 0 spiro atoms. The Balaban J connectivity index is 1.83. The van der Waals surface area contributed by atoms with Crippen molar-refractivity contribution in [2.45, 2.75) is 70.2 Å². The highest BCUT2D eigenvalue weighted by atomic mass is 79.9. The van der Waals surface area contributed by atoms with Crippen LogP contribution in [0.25, 0.3) is 0 Å². The van der Waals surface area contributed by atoms with Gasteiger partial charge in [0, 0.05) is 31.9 Å². The molecule has 0 radical (unpaired) electrons. The van der Waals surface area contributed by atoms with Crippen LogP contribution in [-0.2, 0) is 13.9 Å². The van der Waals surface area contributed by atoms with E-state index in [1.54, 1.807) is 13.3 Å². The summed E-state index contributed by atoms with van der Waals surface area (Å²) >= 11 is 3.38. The number of methoxy groups -OCH3 is 2. The summed E-state index contributed by atoms with van der Waals surface area (Å²) in [5.41, 5.74) is -0.663. The van der Waals surface area contributed by atoms with Crippen LogP contribution in [0.3, 0.4) is 0 Å². The fraction of sp³-hybridized carbons (Fsp3) is 0.500. The van der Waals surface area contributed by atoms with Gasteiger partial charge in [-0.1, -0.05) is 88.4 Å². The number of pyridine rings is 1. The van der Waals surface area contributed by atoms with Gasteiger partial charge in [0.15, 0.2) is 5.75 Å². The minimum Gasteiger partial charge on any atom is -0.491 e. The second-order valence-electron chi connectivity index (χ2n) is 12.7. The van der Waals surface area contributed by atoms with Gasteiger partial charge < -0.3 is 33.4 Å². The molecule has 8 nitrogen and oxygen atoms in total. The topological polar surface area (TPSA) is 99.4 Å². The quantitative estimate of drug-likeness (QED) is 0.194. The number of fused-ring (bicyclic) bond motifs is 1. The minimum absolute atomic E-state index is 0.0195. The van der Waals surface area contributed by atoms with Crippen molar-refractivity contribution in [2.75, 3.05) is 34.2 Å². The number of halogens is 1. The number of aromatic nitrogens is 1. The highest BCUT2D eigenvalue weighted by Crippen LogP contribution is 2.53. The first-order valence-corrected chi connectivity index (χ1v) is 17.8. The highest BCUT2D eigenvalue weighted by Gasteiger charge is 2.54. The number of rotatable bonds is 13. The predicted octanol–water partition coefficient (Wildman–Crippen LogP) is 4.94. The Labute approximate surface area is 270 Å². The third kappa shape index (κ3) is 6.35. The molecule has 1 aromatic heterocycles. The lowest BCUT2D eigenvalue weighted by Gasteiger charge is -2.51. The molecule has 0 aliphatic carbocycles. The van der Waals surface area contributed by atoms with E-state index in [9.17, 15) is 15.0 Å². The highest BCUT2D eigenvalue weighted by molar-refractivity contribution is 9.10. The lowest BCUT2D eigenvalue weighted by Crippen LogP contribution is -2.66. The van der Waals surface area contributed by atoms with Crippen molar-refractivity contribution in [3.05, 3.63) is 87.3 Å². The Morgan fingerprint density at radius 3 is 2.11 bits per heavy atom. The summed E-state index contributed by atoms with van der Waals surface area (Å²) in [5, 5.41) is 24.0. The van der Waals surface area contributed by atoms with Crippen molar-refractivity contribution in [3.8, 4) is 5.75 Å². The monoisotopic (exact) mass is 687 g/mol. The van der Waals surface area contributed by atoms with E-state index in [1.165, 1.54) is 17.5 Å². The third-order valence-corrected chi connectivity index (χ3v) is 14.6. The predicted molar refractivity (Wildman–Crippen MR) is 178 cm³/mol. The molecule has 2 N–H and O–H groups in total. The van der Waals surface area contributed by atoms with E-state index in [-0.39, 0.29) is 29.6 Å². The van der Waals surface area contributed by atoms with Crippen molar-refractivity contribution < 1.29 is 28.8 Å². The summed E-state index contributed by atoms with van der Waals surface area (Å²) in [5.74, 6) is 0.153. The first-order chi connectivity index (χ1) is 21.0. The van der Waals surface area contributed by atoms with E-state index in [2.05, 4.69) is 85.2 Å². The number of hydrogen-bond acceptors (Lipinski definition) is 7. The van der Waals surface area contributed by atoms with Gasteiger partial charge in [0.1, 0.15) is 12.9 Å². The van der Waals surface area contributed by atoms with Gasteiger partial charge in [-0.15, -0.1) is 0 Å². The van der Waals surface area contributed by atoms with E-state index < -0.39 is 32.0 Å². The molecule has 4 rings (SSSR count). The van der Waals surface area contributed by atoms with Gasteiger partial charge in [-0.05, 0) is 50.6 Å². The largest absolute Gasteiger partial charge is 0.491 e. The number of nitrogens with zero attached hydrogens (tertiary/aromatic N) is 1. The second-order valence-corrected chi connectivity index (χ2v) is 17.9. The van der Waals surface area contributed by atoms with Gasteiger partial charge in [0.05, 0.1) is 29.4 Å². The smallest absolute Gasteiger partial charge is 0.261 e. The van der Waals surface area contributed by atoms with Crippen LogP contribution in [0.2, 0.25) is 5.04 Å². The zero-order valence-electron chi connectivity index (χ0n) is 26.6. The van der Waals surface area contributed by atoms with Crippen molar-refractivity contribution >= 4 is 34.6 Å². The molecule has 0 saturated carbocycles. The molecule has 0 saturated heterocycles. The normalized spacial score (nSPS) is 22.1. The third-order valence-electron chi connectivity index (χ3n) is 9.02. The Morgan fingerprint density at radius 2 is 1.61 bits per heavy atom. The van der Waals surface area contributed by atoms with Crippen molar-refractivity contribution in [3.63, 3.8) is 0 Å². The van der Waals surface area contributed by atoms with Gasteiger partial charge in [-0.2, -0.15) is 0 Å². The average Bonchev–Trinajstić information content (AvgIpc) is 3.01.